The molecule has 0 spiro atoms. The first-order valence-corrected chi connectivity index (χ1v) is 9.89. The summed E-state index contributed by atoms with van der Waals surface area (Å²) in [5.74, 6) is 1.65. The quantitative estimate of drug-likeness (QED) is 0.644. The molecule has 0 unspecified atom stereocenters. The van der Waals surface area contributed by atoms with Gasteiger partial charge in [0.25, 0.3) is 0 Å². The normalized spacial score (nSPS) is 15.6. The van der Waals surface area contributed by atoms with Gasteiger partial charge in [-0.15, -0.1) is 0 Å². The van der Waals surface area contributed by atoms with Crippen LogP contribution in [0.25, 0.3) is 10.8 Å². The van der Waals surface area contributed by atoms with E-state index in [1.807, 2.05) is 12.1 Å². The summed E-state index contributed by atoms with van der Waals surface area (Å²) in [6.45, 7) is 6.20. The van der Waals surface area contributed by atoms with Crippen molar-refractivity contribution in [1.82, 2.24) is 9.80 Å². The fraction of sp³-hybridized carbons (Fsp3) is 0.333. The van der Waals surface area contributed by atoms with Crippen LogP contribution in [0.3, 0.4) is 0 Å². The lowest BCUT2D eigenvalue weighted by Gasteiger charge is -2.35. The summed E-state index contributed by atoms with van der Waals surface area (Å²) in [5, 5.41) is 2.63. The van der Waals surface area contributed by atoms with Gasteiger partial charge in [0, 0.05) is 44.8 Å². The van der Waals surface area contributed by atoms with E-state index in [-0.39, 0.29) is 0 Å². The molecule has 28 heavy (non-hydrogen) atoms. The van der Waals surface area contributed by atoms with Crippen LogP contribution in [0.5, 0.6) is 11.5 Å². The summed E-state index contributed by atoms with van der Waals surface area (Å²) in [6, 6.07) is 21.5. The van der Waals surface area contributed by atoms with Crippen molar-refractivity contribution < 1.29 is 9.47 Å². The van der Waals surface area contributed by atoms with Gasteiger partial charge in [0.1, 0.15) is 0 Å². The molecule has 0 N–H and O–H groups in total. The molecule has 0 amide bonds. The number of hydrogen-bond donors (Lipinski definition) is 0. The Morgan fingerprint density at radius 1 is 0.714 bits per heavy atom. The van der Waals surface area contributed by atoms with Gasteiger partial charge in [0.15, 0.2) is 11.5 Å². The smallest absolute Gasteiger partial charge is 0.165 e. The molecule has 146 valence electrons. The second kappa shape index (κ2) is 8.63. The average Bonchev–Trinajstić information content (AvgIpc) is 2.75. The maximum Gasteiger partial charge on any atom is 0.165 e. The predicted molar refractivity (Wildman–Crippen MR) is 114 cm³/mol. The number of hydrogen-bond acceptors (Lipinski definition) is 4. The van der Waals surface area contributed by atoms with E-state index in [0.29, 0.717) is 0 Å². The Labute approximate surface area is 167 Å². The van der Waals surface area contributed by atoms with Gasteiger partial charge in [-0.2, -0.15) is 0 Å². The molecular weight excluding hydrogens is 348 g/mol. The van der Waals surface area contributed by atoms with Crippen LogP contribution in [0.1, 0.15) is 11.1 Å². The van der Waals surface area contributed by atoms with Crippen molar-refractivity contribution in [2.45, 2.75) is 13.1 Å². The van der Waals surface area contributed by atoms with Gasteiger partial charge in [-0.3, -0.25) is 9.80 Å². The molecule has 0 saturated carbocycles. The molecule has 1 heterocycles. The molecule has 3 aromatic rings. The third kappa shape index (κ3) is 4.13. The summed E-state index contributed by atoms with van der Waals surface area (Å²) in [7, 11) is 3.40. The van der Waals surface area contributed by atoms with E-state index < -0.39 is 0 Å². The van der Waals surface area contributed by atoms with Crippen LogP contribution < -0.4 is 9.47 Å². The number of rotatable bonds is 6. The lowest BCUT2D eigenvalue weighted by atomic mass is 10.1. The standard InChI is InChI=1S/C24H28N2O2/c1-27-23-9-5-8-22(24(23)28-2)18-26-14-12-25(13-15-26)17-19-10-11-20-6-3-4-7-21(20)16-19/h3-11,16H,12-15,17-18H2,1-2H3. The molecule has 4 rings (SSSR count). The molecule has 3 aromatic carbocycles. The number of nitrogens with zero attached hydrogens (tertiary/aromatic N) is 2. The fourth-order valence-corrected chi connectivity index (χ4v) is 4.02. The van der Waals surface area contributed by atoms with Crippen LogP contribution in [0.4, 0.5) is 0 Å². The van der Waals surface area contributed by atoms with Gasteiger partial charge < -0.3 is 9.47 Å². The lowest BCUT2D eigenvalue weighted by Crippen LogP contribution is -2.45. The molecule has 1 saturated heterocycles. The van der Waals surface area contributed by atoms with Crippen LogP contribution in [-0.4, -0.2) is 50.2 Å². The summed E-state index contributed by atoms with van der Waals surface area (Å²) < 4.78 is 11.0. The van der Waals surface area contributed by atoms with E-state index in [0.717, 1.165) is 50.8 Å². The van der Waals surface area contributed by atoms with Crippen LogP contribution >= 0.6 is 0 Å². The number of para-hydroxylation sites is 1. The Morgan fingerprint density at radius 2 is 1.43 bits per heavy atom. The van der Waals surface area contributed by atoms with Crippen molar-refractivity contribution in [3.8, 4) is 11.5 Å². The second-order valence-electron chi connectivity index (χ2n) is 7.39. The summed E-state index contributed by atoms with van der Waals surface area (Å²) in [4.78, 5) is 5.04. The Bertz CT molecular complexity index is 933. The highest BCUT2D eigenvalue weighted by Crippen LogP contribution is 2.31. The van der Waals surface area contributed by atoms with Crippen molar-refractivity contribution in [2.24, 2.45) is 0 Å². The Balaban J connectivity index is 1.35. The maximum absolute atomic E-state index is 5.58. The number of benzene rings is 3. The monoisotopic (exact) mass is 376 g/mol. The minimum Gasteiger partial charge on any atom is -0.493 e. The van der Waals surface area contributed by atoms with Gasteiger partial charge in [-0.25, -0.2) is 0 Å². The summed E-state index contributed by atoms with van der Waals surface area (Å²) in [6.07, 6.45) is 0. The Hall–Kier alpha value is -2.56. The van der Waals surface area contributed by atoms with Crippen molar-refractivity contribution >= 4 is 10.8 Å². The molecule has 4 nitrogen and oxygen atoms in total. The van der Waals surface area contributed by atoms with Crippen molar-refractivity contribution in [2.75, 3.05) is 40.4 Å². The SMILES string of the molecule is COc1cccc(CN2CCN(Cc3ccc4ccccc4c3)CC2)c1OC. The molecule has 1 aliphatic heterocycles. The van der Waals surface area contributed by atoms with Gasteiger partial charge in [0.2, 0.25) is 0 Å². The number of fused-ring (bicyclic) bond motifs is 1. The van der Waals surface area contributed by atoms with Crippen LogP contribution in [0.2, 0.25) is 0 Å². The van der Waals surface area contributed by atoms with E-state index >= 15 is 0 Å². The zero-order chi connectivity index (χ0) is 19.3. The molecule has 0 aromatic heterocycles. The third-order valence-corrected chi connectivity index (χ3v) is 5.56. The Kier molecular flexibility index (Phi) is 5.79. The zero-order valence-electron chi connectivity index (χ0n) is 16.7. The minimum absolute atomic E-state index is 0.801. The average molecular weight is 377 g/mol. The van der Waals surface area contributed by atoms with Gasteiger partial charge in [-0.1, -0.05) is 48.5 Å². The van der Waals surface area contributed by atoms with Gasteiger partial charge >= 0.3 is 0 Å². The first kappa shape index (κ1) is 18.8. The molecule has 4 heteroatoms. The zero-order valence-corrected chi connectivity index (χ0v) is 16.7. The highest BCUT2D eigenvalue weighted by atomic mass is 16.5. The highest BCUT2D eigenvalue weighted by Gasteiger charge is 2.19. The minimum atomic E-state index is 0.801. The molecule has 0 aliphatic carbocycles. The van der Waals surface area contributed by atoms with E-state index in [1.165, 1.54) is 21.9 Å². The molecular formula is C24H28N2O2. The number of ether oxygens (including phenoxy) is 2. The summed E-state index contributed by atoms with van der Waals surface area (Å²) in [5.41, 5.74) is 2.58. The summed E-state index contributed by atoms with van der Waals surface area (Å²) >= 11 is 0. The van der Waals surface area contributed by atoms with Gasteiger partial charge in [0.05, 0.1) is 14.2 Å². The topological polar surface area (TPSA) is 24.9 Å². The molecule has 1 aliphatic rings. The van der Waals surface area contributed by atoms with Crippen molar-refractivity contribution in [1.29, 1.82) is 0 Å². The van der Waals surface area contributed by atoms with E-state index in [1.54, 1.807) is 14.2 Å². The molecule has 1 fully saturated rings. The first-order valence-electron chi connectivity index (χ1n) is 9.89. The largest absolute Gasteiger partial charge is 0.493 e. The molecule has 0 atom stereocenters. The third-order valence-electron chi connectivity index (χ3n) is 5.56. The van der Waals surface area contributed by atoms with Crippen molar-refractivity contribution in [3.63, 3.8) is 0 Å². The van der Waals surface area contributed by atoms with Crippen LogP contribution in [-0.2, 0) is 13.1 Å². The second-order valence-corrected chi connectivity index (χ2v) is 7.39. The van der Waals surface area contributed by atoms with Crippen LogP contribution in [0, 0.1) is 0 Å². The molecule has 0 radical (unpaired) electrons. The van der Waals surface area contributed by atoms with E-state index in [2.05, 4.69) is 58.3 Å². The van der Waals surface area contributed by atoms with E-state index in [9.17, 15) is 0 Å². The first-order chi connectivity index (χ1) is 13.8. The highest BCUT2D eigenvalue weighted by molar-refractivity contribution is 5.82. The fourth-order valence-electron chi connectivity index (χ4n) is 4.02. The maximum atomic E-state index is 5.58. The predicted octanol–water partition coefficient (Wildman–Crippen LogP) is 4.17. The molecule has 0 bridgehead atoms. The van der Waals surface area contributed by atoms with Gasteiger partial charge in [-0.05, 0) is 28.5 Å². The number of piperazine rings is 1. The van der Waals surface area contributed by atoms with Crippen LogP contribution in [0.15, 0.2) is 60.7 Å². The number of methoxy groups -OCH3 is 2. The van der Waals surface area contributed by atoms with Crippen molar-refractivity contribution in [3.05, 3.63) is 71.8 Å². The Morgan fingerprint density at radius 3 is 2.14 bits per heavy atom. The lowest BCUT2D eigenvalue weighted by molar-refractivity contribution is 0.121. The van der Waals surface area contributed by atoms with E-state index in [4.69, 9.17) is 9.47 Å².